The van der Waals surface area contributed by atoms with Crippen molar-refractivity contribution in [2.24, 2.45) is 5.73 Å². The number of methoxy groups -OCH3 is 1. The molecule has 0 heterocycles. The van der Waals surface area contributed by atoms with Gasteiger partial charge in [0, 0.05) is 18.2 Å². The summed E-state index contributed by atoms with van der Waals surface area (Å²) in [5.41, 5.74) is 5.73. The molecule has 0 fully saturated rings. The average Bonchev–Trinajstić information content (AvgIpc) is 2.59. The number of rotatable bonds is 10. The third-order valence-electron chi connectivity index (χ3n) is 4.13. The molecule has 0 aliphatic rings. The second-order valence-corrected chi connectivity index (χ2v) is 9.51. The van der Waals surface area contributed by atoms with Crippen LogP contribution in [0.1, 0.15) is 33.6 Å². The van der Waals surface area contributed by atoms with Crippen LogP contribution in [-0.4, -0.2) is 41.8 Å². The highest BCUT2D eigenvalue weighted by Crippen LogP contribution is 2.28. The predicted octanol–water partition coefficient (Wildman–Crippen LogP) is 1.25. The van der Waals surface area contributed by atoms with E-state index in [4.69, 9.17) is 10.5 Å². The Labute approximate surface area is 150 Å². The lowest BCUT2D eigenvalue weighted by Gasteiger charge is -2.26. The fourth-order valence-corrected chi connectivity index (χ4v) is 3.94. The molecule has 0 amide bonds. The maximum atomic E-state index is 12.6. The van der Waals surface area contributed by atoms with Gasteiger partial charge in [0.15, 0.2) is 0 Å². The third kappa shape index (κ3) is 5.84. The monoisotopic (exact) mass is 393 g/mol. The molecule has 0 radical (unpaired) electrons. The van der Waals surface area contributed by atoms with Gasteiger partial charge in [0.25, 0.3) is 0 Å². The molecule has 8 nitrogen and oxygen atoms in total. The maximum Gasteiger partial charge on any atom is 0.244 e. The number of sulfonamides is 2. The number of anilines is 1. The molecule has 0 spiro atoms. The van der Waals surface area contributed by atoms with Crippen molar-refractivity contribution in [3.8, 4) is 5.75 Å². The summed E-state index contributed by atoms with van der Waals surface area (Å²) >= 11 is 0. The molecular weight excluding hydrogens is 366 g/mol. The first-order chi connectivity index (χ1) is 11.5. The highest BCUT2D eigenvalue weighted by molar-refractivity contribution is 7.92. The van der Waals surface area contributed by atoms with Crippen LogP contribution in [0.15, 0.2) is 23.1 Å². The van der Waals surface area contributed by atoms with Gasteiger partial charge in [-0.1, -0.05) is 13.8 Å². The van der Waals surface area contributed by atoms with Crippen molar-refractivity contribution in [1.82, 2.24) is 4.72 Å². The Hall–Kier alpha value is -1.36. The third-order valence-corrected chi connectivity index (χ3v) is 6.88. The molecule has 0 aliphatic heterocycles. The molecule has 0 aromatic heterocycles. The van der Waals surface area contributed by atoms with Gasteiger partial charge in [-0.15, -0.1) is 0 Å². The van der Waals surface area contributed by atoms with Gasteiger partial charge < -0.3 is 10.5 Å². The summed E-state index contributed by atoms with van der Waals surface area (Å²) in [6.45, 7) is 5.39. The topological polar surface area (TPSA) is 128 Å². The maximum absolute atomic E-state index is 12.6. The number of nitrogens with one attached hydrogen (secondary N) is 2. The Morgan fingerprint density at radius 3 is 2.20 bits per heavy atom. The van der Waals surface area contributed by atoms with E-state index >= 15 is 0 Å². The van der Waals surface area contributed by atoms with Crippen LogP contribution in [0.2, 0.25) is 0 Å². The Kier molecular flexibility index (Phi) is 7.24. The molecule has 0 saturated heterocycles. The predicted molar refractivity (Wildman–Crippen MR) is 98.8 cm³/mol. The highest BCUT2D eigenvalue weighted by Gasteiger charge is 2.26. The van der Waals surface area contributed by atoms with Crippen LogP contribution in [-0.2, 0) is 20.0 Å². The lowest BCUT2D eigenvalue weighted by atomic mass is 9.95. The second-order valence-electron chi connectivity index (χ2n) is 5.77. The minimum absolute atomic E-state index is 0.0411. The fourth-order valence-electron chi connectivity index (χ4n) is 2.02. The molecule has 4 N–H and O–H groups in total. The summed E-state index contributed by atoms with van der Waals surface area (Å²) in [6, 6.07) is 4.00. The van der Waals surface area contributed by atoms with Crippen molar-refractivity contribution in [3.05, 3.63) is 18.2 Å². The SMILES string of the molecule is CCC(N)(CC)CNS(=O)(=O)c1ccc(NS(=O)(=O)CC)cc1OC. The molecule has 0 bridgehead atoms. The minimum Gasteiger partial charge on any atom is -0.495 e. The second kappa shape index (κ2) is 8.35. The summed E-state index contributed by atoms with van der Waals surface area (Å²) in [4.78, 5) is -0.0796. The molecule has 1 aromatic rings. The molecule has 10 heteroatoms. The van der Waals surface area contributed by atoms with Crippen LogP contribution >= 0.6 is 0 Å². The molecule has 0 atom stereocenters. The van der Waals surface area contributed by atoms with Crippen LogP contribution in [0.4, 0.5) is 5.69 Å². The van der Waals surface area contributed by atoms with Gasteiger partial charge >= 0.3 is 0 Å². The van der Waals surface area contributed by atoms with Gasteiger partial charge in [-0.3, -0.25) is 4.72 Å². The summed E-state index contributed by atoms with van der Waals surface area (Å²) in [7, 11) is -6.01. The molecule has 25 heavy (non-hydrogen) atoms. The summed E-state index contributed by atoms with van der Waals surface area (Å²) in [6.07, 6.45) is 1.25. The van der Waals surface area contributed by atoms with Gasteiger partial charge in [0.2, 0.25) is 20.0 Å². The van der Waals surface area contributed by atoms with E-state index in [1.807, 2.05) is 13.8 Å². The molecule has 144 valence electrons. The zero-order valence-corrected chi connectivity index (χ0v) is 16.6. The Bertz CT molecular complexity index is 787. The van der Waals surface area contributed by atoms with E-state index in [1.54, 1.807) is 0 Å². The quantitative estimate of drug-likeness (QED) is 0.549. The summed E-state index contributed by atoms with van der Waals surface area (Å²) in [5, 5.41) is 0. The zero-order chi connectivity index (χ0) is 19.3. The van der Waals surface area contributed by atoms with Crippen LogP contribution < -0.4 is 19.9 Å². The number of hydrogen-bond acceptors (Lipinski definition) is 6. The number of nitrogens with two attached hydrogens (primary N) is 1. The van der Waals surface area contributed by atoms with Crippen molar-refractivity contribution in [1.29, 1.82) is 0 Å². The van der Waals surface area contributed by atoms with Gasteiger partial charge in [0.05, 0.1) is 18.6 Å². The lowest BCUT2D eigenvalue weighted by Crippen LogP contribution is -2.49. The molecule has 1 rings (SSSR count). The highest BCUT2D eigenvalue weighted by atomic mass is 32.2. The van der Waals surface area contributed by atoms with Gasteiger partial charge in [0.1, 0.15) is 10.6 Å². The first-order valence-corrected chi connectivity index (χ1v) is 11.1. The van der Waals surface area contributed by atoms with Crippen molar-refractivity contribution in [3.63, 3.8) is 0 Å². The standard InChI is InChI=1S/C15H27N3O5S2/c1-5-15(16,6-2)11-17-25(21,22)14-9-8-12(10-13(14)23-4)18-24(19,20)7-3/h8-10,17-18H,5-7,11,16H2,1-4H3. The lowest BCUT2D eigenvalue weighted by molar-refractivity contribution is 0.388. The number of ether oxygens (including phenoxy) is 1. The van der Waals surface area contributed by atoms with Crippen LogP contribution in [0.25, 0.3) is 0 Å². The van der Waals surface area contributed by atoms with Crippen molar-refractivity contribution < 1.29 is 21.6 Å². The molecule has 0 aliphatic carbocycles. The Morgan fingerprint density at radius 2 is 1.72 bits per heavy atom. The smallest absolute Gasteiger partial charge is 0.244 e. The molecule has 0 saturated carbocycles. The van der Waals surface area contributed by atoms with E-state index in [2.05, 4.69) is 9.44 Å². The molecule has 0 unspecified atom stereocenters. The van der Waals surface area contributed by atoms with Gasteiger partial charge in [-0.2, -0.15) is 0 Å². The van der Waals surface area contributed by atoms with E-state index in [1.165, 1.54) is 32.2 Å². The average molecular weight is 394 g/mol. The first-order valence-electron chi connectivity index (χ1n) is 7.99. The summed E-state index contributed by atoms with van der Waals surface area (Å²) in [5.74, 6) is -0.0526. The number of hydrogen-bond donors (Lipinski definition) is 3. The number of benzene rings is 1. The normalized spacial score (nSPS) is 12.8. The van der Waals surface area contributed by atoms with E-state index in [9.17, 15) is 16.8 Å². The largest absolute Gasteiger partial charge is 0.495 e. The van der Waals surface area contributed by atoms with Crippen LogP contribution in [0.3, 0.4) is 0 Å². The Morgan fingerprint density at radius 1 is 1.12 bits per heavy atom. The van der Waals surface area contributed by atoms with Crippen LogP contribution in [0, 0.1) is 0 Å². The molecule has 1 aromatic carbocycles. The van der Waals surface area contributed by atoms with E-state index in [0.717, 1.165) is 0 Å². The summed E-state index contributed by atoms with van der Waals surface area (Å²) < 4.78 is 58.4. The zero-order valence-electron chi connectivity index (χ0n) is 15.0. The van der Waals surface area contributed by atoms with E-state index in [0.29, 0.717) is 12.8 Å². The fraction of sp³-hybridized carbons (Fsp3) is 0.600. The van der Waals surface area contributed by atoms with Crippen molar-refractivity contribution in [2.75, 3.05) is 24.1 Å². The first kappa shape index (κ1) is 21.7. The van der Waals surface area contributed by atoms with Gasteiger partial charge in [-0.05, 0) is 31.9 Å². The molecular formula is C15H27N3O5S2. The van der Waals surface area contributed by atoms with E-state index in [-0.39, 0.29) is 28.6 Å². The minimum atomic E-state index is -3.85. The van der Waals surface area contributed by atoms with Crippen molar-refractivity contribution >= 4 is 25.7 Å². The van der Waals surface area contributed by atoms with Gasteiger partial charge in [-0.25, -0.2) is 21.6 Å². The Balaban J connectivity index is 3.11. The van der Waals surface area contributed by atoms with Crippen LogP contribution in [0.5, 0.6) is 5.75 Å². The van der Waals surface area contributed by atoms with Crippen molar-refractivity contribution in [2.45, 2.75) is 44.0 Å². The van der Waals surface area contributed by atoms with E-state index < -0.39 is 25.6 Å².